The number of fused-ring (bicyclic) bond motifs is 2. The molecule has 43 heavy (non-hydrogen) atoms. The zero-order valence-corrected chi connectivity index (χ0v) is 22.6. The summed E-state index contributed by atoms with van der Waals surface area (Å²) in [6.45, 7) is -0.551. The molecule has 4 aromatic rings. The van der Waals surface area contributed by atoms with Crippen molar-refractivity contribution in [1.82, 2.24) is 20.3 Å². The van der Waals surface area contributed by atoms with Crippen LogP contribution in [0.2, 0.25) is 0 Å². The van der Waals surface area contributed by atoms with Crippen molar-refractivity contribution in [3.05, 3.63) is 77.0 Å². The van der Waals surface area contributed by atoms with E-state index in [-0.39, 0.29) is 35.8 Å². The maximum atomic E-state index is 14.6. The van der Waals surface area contributed by atoms with Gasteiger partial charge < -0.3 is 10.1 Å². The molecule has 1 saturated carbocycles. The van der Waals surface area contributed by atoms with Crippen LogP contribution in [0.5, 0.6) is 5.75 Å². The van der Waals surface area contributed by atoms with Crippen molar-refractivity contribution in [2.24, 2.45) is 0 Å². The lowest BCUT2D eigenvalue weighted by Gasteiger charge is -2.12. The number of nitrogens with one attached hydrogen (secondary N) is 1. The molecule has 0 bridgehead atoms. The number of carbonyl (C=O) groups is 1. The monoisotopic (exact) mass is 622 g/mol. The molecule has 1 N–H and O–H groups in total. The number of pyridine rings is 3. The lowest BCUT2D eigenvalue weighted by atomic mass is 10.1. The van der Waals surface area contributed by atoms with Crippen molar-refractivity contribution in [1.29, 1.82) is 0 Å². The molecule has 4 heterocycles. The van der Waals surface area contributed by atoms with E-state index < -0.39 is 74.4 Å². The van der Waals surface area contributed by atoms with Crippen molar-refractivity contribution in [2.45, 2.75) is 48.1 Å². The smallest absolute Gasteiger partial charge is 0.265 e. The van der Waals surface area contributed by atoms with Gasteiger partial charge in [-0.1, -0.05) is 0 Å². The fraction of sp³-hybridized carbons (Fsp3) is 0.286. The summed E-state index contributed by atoms with van der Waals surface area (Å²) in [5.74, 6) is -7.14. The van der Waals surface area contributed by atoms with Gasteiger partial charge in [-0.05, 0) is 42.5 Å². The maximum Gasteiger partial charge on any atom is 0.265 e. The minimum Gasteiger partial charge on any atom is -0.489 e. The molecule has 2 aliphatic rings. The van der Waals surface area contributed by atoms with Gasteiger partial charge in [-0.15, -0.1) is 0 Å². The number of hydrogen-bond donors (Lipinski definition) is 1. The zero-order valence-electron chi connectivity index (χ0n) is 21.8. The first-order chi connectivity index (χ1) is 20.3. The maximum absolute atomic E-state index is 14.6. The van der Waals surface area contributed by atoms with Crippen LogP contribution in [0.1, 0.15) is 52.5 Å². The predicted octanol–water partition coefficient (Wildman–Crippen LogP) is 5.67. The summed E-state index contributed by atoms with van der Waals surface area (Å²) in [6, 6.07) is 8.64. The van der Waals surface area contributed by atoms with Crippen LogP contribution >= 0.6 is 0 Å². The normalized spacial score (nSPS) is 20.3. The zero-order chi connectivity index (χ0) is 30.7. The Balaban J connectivity index is 1.24. The van der Waals surface area contributed by atoms with Crippen molar-refractivity contribution in [2.75, 3.05) is 6.61 Å². The fourth-order valence-corrected chi connectivity index (χ4v) is 6.16. The second kappa shape index (κ2) is 10.5. The van der Waals surface area contributed by atoms with Gasteiger partial charge in [0.15, 0.2) is 11.6 Å². The minimum absolute atomic E-state index is 0.121. The van der Waals surface area contributed by atoms with Crippen LogP contribution in [0.4, 0.5) is 26.3 Å². The summed E-state index contributed by atoms with van der Waals surface area (Å²) in [6.07, 6.45) is -2.57. The first kappa shape index (κ1) is 28.8. The Morgan fingerprint density at radius 2 is 1.81 bits per heavy atom. The van der Waals surface area contributed by atoms with Gasteiger partial charge in [0.2, 0.25) is 15.3 Å². The first-order valence-corrected chi connectivity index (χ1v) is 14.4. The number of hydrogen-bond acceptors (Lipinski definition) is 7. The molecule has 1 aromatic carbocycles. The Hall–Kier alpha value is -4.27. The van der Waals surface area contributed by atoms with Gasteiger partial charge in [-0.2, -0.15) is 0 Å². The number of ether oxygens (including phenoxy) is 1. The molecule has 1 amide bonds. The predicted molar refractivity (Wildman–Crippen MR) is 140 cm³/mol. The molecule has 6 rings (SSSR count). The van der Waals surface area contributed by atoms with Crippen LogP contribution in [0.25, 0.3) is 22.3 Å². The van der Waals surface area contributed by atoms with Crippen molar-refractivity contribution in [3.8, 4) is 17.1 Å². The summed E-state index contributed by atoms with van der Waals surface area (Å²) in [5, 5.41) is 3.05. The number of carbonyl (C=O) groups excluding carboxylic acids is 1. The highest BCUT2D eigenvalue weighted by Crippen LogP contribution is 2.56. The average molecular weight is 623 g/mol. The van der Waals surface area contributed by atoms with Crippen molar-refractivity contribution in [3.63, 3.8) is 0 Å². The lowest BCUT2D eigenvalue weighted by molar-refractivity contribution is 0.0949. The van der Waals surface area contributed by atoms with Gasteiger partial charge in [-0.25, -0.2) is 39.7 Å². The lowest BCUT2D eigenvalue weighted by Crippen LogP contribution is -2.24. The average Bonchev–Trinajstić information content (AvgIpc) is 3.64. The van der Waals surface area contributed by atoms with E-state index in [0.29, 0.717) is 16.6 Å². The molecule has 1 fully saturated rings. The van der Waals surface area contributed by atoms with E-state index in [1.54, 1.807) is 6.07 Å². The largest absolute Gasteiger partial charge is 0.489 e. The van der Waals surface area contributed by atoms with Gasteiger partial charge in [0.1, 0.15) is 4.90 Å². The molecule has 0 spiro atoms. The Bertz CT molecular complexity index is 1890. The fourth-order valence-electron chi connectivity index (χ4n) is 4.77. The van der Waals surface area contributed by atoms with Crippen molar-refractivity contribution >= 4 is 26.6 Å². The summed E-state index contributed by atoms with van der Waals surface area (Å²) in [5.41, 5.74) is -2.61. The number of aromatic nitrogens is 3. The first-order valence-electron chi connectivity index (χ1n) is 12.9. The molecule has 15 heteroatoms. The van der Waals surface area contributed by atoms with E-state index in [2.05, 4.69) is 20.3 Å². The standard InChI is InChI=1S/C28H20F6N4O4S/c29-18-7-14(8-22-25(18)42-6-5-23(30)43(22,40)41)27(39)36-12-15-9-21-13(11-35-15)1-3-19(37-21)20-4-2-16(26(31)32)24(38-20)17-10-28(17,33)34/h1-4,7-9,11,17,23,26H,5-6,10,12H2,(H,36,39)/t17?,23-/m1/s1. The number of nitrogens with zero attached hydrogens (tertiary/aromatic N) is 3. The summed E-state index contributed by atoms with van der Waals surface area (Å²) in [7, 11) is -4.58. The van der Waals surface area contributed by atoms with E-state index in [9.17, 15) is 39.6 Å². The molecule has 2 atom stereocenters. The van der Waals surface area contributed by atoms with E-state index in [4.69, 9.17) is 4.74 Å². The van der Waals surface area contributed by atoms with Gasteiger partial charge in [-0.3, -0.25) is 14.8 Å². The SMILES string of the molecule is O=C(NCc1cc2nc(-c3ccc(C(F)F)c(C4CC4(F)F)n3)ccc2cn1)c1cc(F)c2c(c1)S(=O)(=O)[C@@H](F)CCO2. The third-order valence-electron chi connectivity index (χ3n) is 7.18. The Morgan fingerprint density at radius 3 is 2.53 bits per heavy atom. The molecule has 3 aromatic heterocycles. The van der Waals surface area contributed by atoms with Crippen LogP contribution in [0, 0.1) is 5.82 Å². The van der Waals surface area contributed by atoms with Crippen LogP contribution in [0.3, 0.4) is 0 Å². The number of rotatable bonds is 6. The molecule has 1 aliphatic heterocycles. The third-order valence-corrected chi connectivity index (χ3v) is 9.00. The molecular formula is C28H20F6N4O4S. The Labute approximate surface area is 240 Å². The van der Waals surface area contributed by atoms with Gasteiger partial charge >= 0.3 is 0 Å². The Morgan fingerprint density at radius 1 is 1.09 bits per heavy atom. The molecular weight excluding hydrogens is 602 g/mol. The third kappa shape index (κ3) is 5.37. The quantitative estimate of drug-likeness (QED) is 0.276. The summed E-state index contributed by atoms with van der Waals surface area (Å²) < 4.78 is 113. The second-order valence-corrected chi connectivity index (χ2v) is 12.2. The highest BCUT2D eigenvalue weighted by molar-refractivity contribution is 7.92. The van der Waals surface area contributed by atoms with Gasteiger partial charge in [0.25, 0.3) is 18.3 Å². The molecule has 1 unspecified atom stereocenters. The summed E-state index contributed by atoms with van der Waals surface area (Å²) in [4.78, 5) is 24.8. The van der Waals surface area contributed by atoms with E-state index in [1.165, 1.54) is 24.4 Å². The molecule has 8 nitrogen and oxygen atoms in total. The number of benzene rings is 1. The Kier molecular flexibility index (Phi) is 7.02. The van der Waals surface area contributed by atoms with E-state index in [1.807, 2.05) is 0 Å². The van der Waals surface area contributed by atoms with Crippen LogP contribution in [-0.2, 0) is 16.4 Å². The van der Waals surface area contributed by atoms with Gasteiger partial charge in [0, 0.05) is 35.6 Å². The number of halogens is 6. The van der Waals surface area contributed by atoms with Gasteiger partial charge in [0.05, 0.1) is 47.4 Å². The van der Waals surface area contributed by atoms with Crippen LogP contribution < -0.4 is 10.1 Å². The topological polar surface area (TPSA) is 111 Å². The van der Waals surface area contributed by atoms with Crippen molar-refractivity contribution < 1.29 is 44.3 Å². The van der Waals surface area contributed by atoms with Crippen LogP contribution in [-0.4, -0.2) is 47.3 Å². The number of alkyl halides is 5. The van der Waals surface area contributed by atoms with E-state index >= 15 is 0 Å². The summed E-state index contributed by atoms with van der Waals surface area (Å²) >= 11 is 0. The van der Waals surface area contributed by atoms with E-state index in [0.717, 1.165) is 18.2 Å². The molecule has 224 valence electrons. The highest BCUT2D eigenvalue weighted by atomic mass is 32.2. The highest BCUT2D eigenvalue weighted by Gasteiger charge is 2.59. The molecule has 0 saturated heterocycles. The molecule has 0 radical (unpaired) electrons. The second-order valence-electron chi connectivity index (χ2n) is 10.1. The number of amides is 1. The van der Waals surface area contributed by atoms with Crippen LogP contribution in [0.15, 0.2) is 53.6 Å². The molecule has 1 aliphatic carbocycles. The number of sulfone groups is 1. The minimum atomic E-state index is -4.58.